The van der Waals surface area contributed by atoms with Crippen molar-refractivity contribution in [1.82, 2.24) is 15.6 Å². The lowest BCUT2D eigenvalue weighted by Crippen LogP contribution is -2.47. The topological polar surface area (TPSA) is 74.0 Å². The van der Waals surface area contributed by atoms with E-state index in [-0.39, 0.29) is 11.8 Å². The van der Waals surface area contributed by atoms with Crippen LogP contribution >= 0.6 is 11.3 Å². The molecule has 0 saturated carbocycles. The summed E-state index contributed by atoms with van der Waals surface area (Å²) in [4.78, 5) is 28.3. The highest BCUT2D eigenvalue weighted by molar-refractivity contribution is 7.09. The van der Waals surface area contributed by atoms with Crippen LogP contribution in [-0.2, 0) is 22.6 Å². The van der Waals surface area contributed by atoms with Gasteiger partial charge in [-0.3, -0.25) is 9.59 Å². The molecule has 2 amide bonds. The molecule has 6 heteroatoms. The SMILES string of the molecule is CC(=O)NC(Cc1c[nH]c2ccccc12)C(=O)NCc1cccs1. The number of benzene rings is 1. The van der Waals surface area contributed by atoms with E-state index in [1.807, 2.05) is 48.0 Å². The lowest BCUT2D eigenvalue weighted by molar-refractivity contribution is -0.128. The predicted octanol–water partition coefficient (Wildman–Crippen LogP) is 2.59. The molecule has 1 unspecified atom stereocenters. The maximum Gasteiger partial charge on any atom is 0.243 e. The van der Waals surface area contributed by atoms with Gasteiger partial charge in [-0.25, -0.2) is 0 Å². The fraction of sp³-hybridized carbons (Fsp3) is 0.222. The quantitative estimate of drug-likeness (QED) is 0.645. The van der Waals surface area contributed by atoms with Gasteiger partial charge in [-0.1, -0.05) is 24.3 Å². The van der Waals surface area contributed by atoms with Gasteiger partial charge in [0.25, 0.3) is 0 Å². The summed E-state index contributed by atoms with van der Waals surface area (Å²) in [7, 11) is 0. The van der Waals surface area contributed by atoms with Gasteiger partial charge in [-0.2, -0.15) is 0 Å². The minimum Gasteiger partial charge on any atom is -0.361 e. The average Bonchev–Trinajstić information content (AvgIpc) is 3.22. The third-order valence-corrected chi connectivity index (χ3v) is 4.69. The molecule has 5 nitrogen and oxygen atoms in total. The summed E-state index contributed by atoms with van der Waals surface area (Å²) >= 11 is 1.59. The fourth-order valence-electron chi connectivity index (χ4n) is 2.69. The number of carbonyl (C=O) groups excluding carboxylic acids is 2. The second-order valence-corrected chi connectivity index (χ2v) is 6.65. The number of aromatic nitrogens is 1. The van der Waals surface area contributed by atoms with Gasteiger partial charge in [0, 0.05) is 35.3 Å². The van der Waals surface area contributed by atoms with E-state index in [1.165, 1.54) is 6.92 Å². The minimum absolute atomic E-state index is 0.177. The molecule has 3 aromatic rings. The monoisotopic (exact) mass is 341 g/mol. The van der Waals surface area contributed by atoms with Gasteiger partial charge in [-0.05, 0) is 23.1 Å². The van der Waals surface area contributed by atoms with Crippen LogP contribution in [0.3, 0.4) is 0 Å². The molecule has 0 aliphatic heterocycles. The van der Waals surface area contributed by atoms with Crippen LogP contribution in [-0.4, -0.2) is 22.8 Å². The Hall–Kier alpha value is -2.60. The van der Waals surface area contributed by atoms with Gasteiger partial charge in [0.2, 0.25) is 11.8 Å². The third kappa shape index (κ3) is 3.83. The molecule has 0 fully saturated rings. The molecule has 2 aromatic heterocycles. The number of hydrogen-bond acceptors (Lipinski definition) is 3. The summed E-state index contributed by atoms with van der Waals surface area (Å²) in [5.41, 5.74) is 2.03. The summed E-state index contributed by atoms with van der Waals surface area (Å²) in [6.45, 7) is 1.90. The van der Waals surface area contributed by atoms with Crippen LogP contribution in [0.1, 0.15) is 17.4 Å². The second-order valence-electron chi connectivity index (χ2n) is 5.61. The number of fused-ring (bicyclic) bond motifs is 1. The van der Waals surface area contributed by atoms with E-state index in [0.717, 1.165) is 21.3 Å². The Balaban J connectivity index is 1.73. The molecule has 0 saturated heterocycles. The summed E-state index contributed by atoms with van der Waals surface area (Å²) in [5, 5.41) is 8.69. The van der Waals surface area contributed by atoms with Crippen molar-refractivity contribution < 1.29 is 9.59 Å². The molecule has 0 aliphatic carbocycles. The van der Waals surface area contributed by atoms with Gasteiger partial charge < -0.3 is 15.6 Å². The maximum atomic E-state index is 12.5. The molecule has 3 rings (SSSR count). The van der Waals surface area contributed by atoms with Crippen molar-refractivity contribution in [2.45, 2.75) is 25.9 Å². The normalized spacial score (nSPS) is 12.0. The number of para-hydroxylation sites is 1. The summed E-state index contributed by atoms with van der Waals surface area (Å²) in [5.74, 6) is -0.394. The van der Waals surface area contributed by atoms with Crippen LogP contribution < -0.4 is 10.6 Å². The van der Waals surface area contributed by atoms with Crippen LogP contribution in [0, 0.1) is 0 Å². The molecule has 1 atom stereocenters. The second kappa shape index (κ2) is 7.31. The Morgan fingerprint density at radius 1 is 1.21 bits per heavy atom. The molecular weight excluding hydrogens is 322 g/mol. The van der Waals surface area contributed by atoms with Gasteiger partial charge in [0.15, 0.2) is 0 Å². The number of amides is 2. The average molecular weight is 341 g/mol. The minimum atomic E-state index is -0.596. The Morgan fingerprint density at radius 2 is 2.04 bits per heavy atom. The number of carbonyl (C=O) groups is 2. The first-order valence-electron chi connectivity index (χ1n) is 7.75. The number of thiophene rings is 1. The van der Waals surface area contributed by atoms with Crippen molar-refractivity contribution in [3.63, 3.8) is 0 Å². The summed E-state index contributed by atoms with van der Waals surface area (Å²) < 4.78 is 0. The zero-order valence-electron chi connectivity index (χ0n) is 13.3. The molecule has 0 bridgehead atoms. The lowest BCUT2D eigenvalue weighted by Gasteiger charge is -2.17. The number of nitrogens with one attached hydrogen (secondary N) is 3. The molecular formula is C18H19N3O2S. The van der Waals surface area contributed by atoms with Gasteiger partial charge in [0.1, 0.15) is 6.04 Å². The zero-order chi connectivity index (χ0) is 16.9. The molecule has 2 heterocycles. The largest absolute Gasteiger partial charge is 0.361 e. The zero-order valence-corrected chi connectivity index (χ0v) is 14.2. The van der Waals surface area contributed by atoms with E-state index < -0.39 is 6.04 Å². The standard InChI is InChI=1S/C18H19N3O2S/c1-12(22)21-17(18(23)20-11-14-5-4-8-24-14)9-13-10-19-16-7-3-2-6-15(13)16/h2-8,10,17,19H,9,11H2,1H3,(H,20,23)(H,21,22). The molecule has 1 aromatic carbocycles. The van der Waals surface area contributed by atoms with Crippen LogP contribution in [0.4, 0.5) is 0 Å². The molecule has 24 heavy (non-hydrogen) atoms. The number of rotatable bonds is 6. The summed E-state index contributed by atoms with van der Waals surface area (Å²) in [6, 6.07) is 11.2. The van der Waals surface area contributed by atoms with Crippen molar-refractivity contribution in [3.8, 4) is 0 Å². The third-order valence-electron chi connectivity index (χ3n) is 3.81. The smallest absolute Gasteiger partial charge is 0.243 e. The summed E-state index contributed by atoms with van der Waals surface area (Å²) in [6.07, 6.45) is 2.34. The Labute approximate surface area is 144 Å². The molecule has 124 valence electrons. The van der Waals surface area contributed by atoms with Crippen molar-refractivity contribution in [3.05, 3.63) is 58.4 Å². The van der Waals surface area contributed by atoms with E-state index in [9.17, 15) is 9.59 Å². The van der Waals surface area contributed by atoms with Gasteiger partial charge in [-0.15, -0.1) is 11.3 Å². The first-order valence-corrected chi connectivity index (χ1v) is 8.63. The van der Waals surface area contributed by atoms with Crippen molar-refractivity contribution in [2.75, 3.05) is 0 Å². The molecule has 0 radical (unpaired) electrons. The van der Waals surface area contributed by atoms with E-state index in [1.54, 1.807) is 11.3 Å². The Morgan fingerprint density at radius 3 is 2.79 bits per heavy atom. The highest BCUT2D eigenvalue weighted by Gasteiger charge is 2.21. The number of H-pyrrole nitrogens is 1. The first kappa shape index (κ1) is 16.3. The van der Waals surface area contributed by atoms with Gasteiger partial charge in [0.05, 0.1) is 6.54 Å². The highest BCUT2D eigenvalue weighted by Crippen LogP contribution is 2.19. The van der Waals surface area contributed by atoms with Crippen LogP contribution in [0.15, 0.2) is 48.0 Å². The fourth-order valence-corrected chi connectivity index (χ4v) is 3.33. The Kier molecular flexibility index (Phi) is 4.96. The van der Waals surface area contributed by atoms with Crippen LogP contribution in [0.5, 0.6) is 0 Å². The van der Waals surface area contributed by atoms with Crippen molar-refractivity contribution >= 4 is 34.1 Å². The molecule has 3 N–H and O–H groups in total. The van der Waals surface area contributed by atoms with Crippen molar-refractivity contribution in [2.24, 2.45) is 0 Å². The van der Waals surface area contributed by atoms with E-state index >= 15 is 0 Å². The molecule has 0 spiro atoms. The van der Waals surface area contributed by atoms with Gasteiger partial charge >= 0.3 is 0 Å². The van der Waals surface area contributed by atoms with E-state index in [2.05, 4.69) is 15.6 Å². The maximum absolute atomic E-state index is 12.5. The number of hydrogen-bond donors (Lipinski definition) is 3. The highest BCUT2D eigenvalue weighted by atomic mass is 32.1. The first-order chi connectivity index (χ1) is 11.6. The van der Waals surface area contributed by atoms with E-state index in [0.29, 0.717) is 13.0 Å². The predicted molar refractivity (Wildman–Crippen MR) is 95.8 cm³/mol. The van der Waals surface area contributed by atoms with Crippen LogP contribution in [0.2, 0.25) is 0 Å². The lowest BCUT2D eigenvalue weighted by atomic mass is 10.0. The molecule has 0 aliphatic rings. The Bertz CT molecular complexity index is 839. The van der Waals surface area contributed by atoms with Crippen LogP contribution in [0.25, 0.3) is 10.9 Å². The number of aromatic amines is 1. The van der Waals surface area contributed by atoms with Crippen molar-refractivity contribution in [1.29, 1.82) is 0 Å². The van der Waals surface area contributed by atoms with E-state index in [4.69, 9.17) is 0 Å².